The fraction of sp³-hybridized carbons (Fsp3) is 0.704. The van der Waals surface area contributed by atoms with Crippen LogP contribution in [-0.2, 0) is 10.8 Å². The zero-order valence-corrected chi connectivity index (χ0v) is 21.4. The summed E-state index contributed by atoms with van der Waals surface area (Å²) in [5.74, 6) is 3.02. The smallest absolute Gasteiger partial charge is 0.192 e. The molecule has 2 saturated carbocycles. The van der Waals surface area contributed by atoms with Crippen molar-refractivity contribution in [2.24, 2.45) is 17.3 Å². The lowest BCUT2D eigenvalue weighted by Gasteiger charge is -2.50. The summed E-state index contributed by atoms with van der Waals surface area (Å²) < 4.78 is 12.1. The Morgan fingerprint density at radius 2 is 1.94 bits per heavy atom. The number of aliphatic hydroxyl groups excluding tert-OH is 1. The molecule has 0 aromatic heterocycles. The molecule has 31 heavy (non-hydrogen) atoms. The third-order valence-corrected chi connectivity index (χ3v) is 13.8. The largest absolute Gasteiger partial charge is 0.465 e. The maximum absolute atomic E-state index is 10.6. The Morgan fingerprint density at radius 1 is 1.16 bits per heavy atom. The van der Waals surface area contributed by atoms with Gasteiger partial charge in [-0.15, -0.1) is 0 Å². The second kappa shape index (κ2) is 8.35. The van der Waals surface area contributed by atoms with Crippen molar-refractivity contribution in [1.29, 1.82) is 0 Å². The lowest BCUT2D eigenvalue weighted by molar-refractivity contribution is -0.0226. The summed E-state index contributed by atoms with van der Waals surface area (Å²) in [5, 5.41) is 10.8. The first-order chi connectivity index (χ1) is 14.5. The molecule has 0 unspecified atom stereocenters. The third kappa shape index (κ3) is 4.28. The normalized spacial score (nSPS) is 33.1. The third-order valence-electron chi connectivity index (χ3n) is 9.29. The highest BCUT2D eigenvalue weighted by atomic mass is 28.4. The summed E-state index contributed by atoms with van der Waals surface area (Å²) in [7, 11) is -1.71. The van der Waals surface area contributed by atoms with Gasteiger partial charge in [0, 0.05) is 0 Å². The minimum absolute atomic E-state index is 0.0944. The Hall–Kier alpha value is -1.10. The van der Waals surface area contributed by atoms with E-state index in [4.69, 9.17) is 9.16 Å². The van der Waals surface area contributed by atoms with Crippen LogP contribution in [0.4, 0.5) is 0 Å². The predicted molar refractivity (Wildman–Crippen MR) is 130 cm³/mol. The molecule has 1 aromatic carbocycles. The monoisotopic (exact) mass is 442 g/mol. The molecule has 0 heterocycles. The van der Waals surface area contributed by atoms with Crippen molar-refractivity contribution in [2.45, 2.75) is 96.4 Å². The quantitative estimate of drug-likeness (QED) is 0.402. The second-order valence-electron chi connectivity index (χ2n) is 12.0. The molecule has 172 valence electrons. The number of hydrogen-bond donors (Lipinski definition) is 1. The van der Waals surface area contributed by atoms with Gasteiger partial charge in [0.15, 0.2) is 8.32 Å². The molecule has 0 aliphatic heterocycles. The van der Waals surface area contributed by atoms with Gasteiger partial charge in [0.25, 0.3) is 0 Å². The molecule has 0 saturated heterocycles. The van der Waals surface area contributed by atoms with Crippen LogP contribution in [0.15, 0.2) is 30.5 Å². The fourth-order valence-electron chi connectivity index (χ4n) is 6.24. The lowest BCUT2D eigenvalue weighted by atomic mass is 9.55. The van der Waals surface area contributed by atoms with Crippen molar-refractivity contribution in [3.63, 3.8) is 0 Å². The lowest BCUT2D eigenvalue weighted by Crippen LogP contribution is -2.43. The van der Waals surface area contributed by atoms with Gasteiger partial charge in [-0.1, -0.05) is 33.8 Å². The Morgan fingerprint density at radius 3 is 2.68 bits per heavy atom. The van der Waals surface area contributed by atoms with E-state index in [1.54, 1.807) is 6.26 Å². The van der Waals surface area contributed by atoms with Gasteiger partial charge in [0.2, 0.25) is 0 Å². The molecule has 2 fully saturated rings. The van der Waals surface area contributed by atoms with Gasteiger partial charge in [-0.25, -0.2) is 0 Å². The highest BCUT2D eigenvalue weighted by molar-refractivity contribution is 6.74. The highest BCUT2D eigenvalue weighted by Crippen LogP contribution is 2.60. The Kier molecular flexibility index (Phi) is 6.21. The Balaban J connectivity index is 1.38. The van der Waals surface area contributed by atoms with E-state index in [1.807, 2.05) is 6.08 Å². The first-order valence-corrected chi connectivity index (χ1v) is 15.2. The van der Waals surface area contributed by atoms with Crippen molar-refractivity contribution in [2.75, 3.05) is 6.61 Å². The number of rotatable bonds is 5. The summed E-state index contributed by atoms with van der Waals surface area (Å²) in [5.41, 5.74) is 3.16. The van der Waals surface area contributed by atoms with Crippen molar-refractivity contribution in [3.8, 4) is 5.75 Å². The molecule has 0 spiro atoms. The molecular formula is C27H42O3Si. The first-order valence-electron chi connectivity index (χ1n) is 12.3. The molecule has 5 atom stereocenters. The van der Waals surface area contributed by atoms with Crippen LogP contribution < -0.4 is 4.74 Å². The average molecular weight is 443 g/mol. The predicted octanol–water partition coefficient (Wildman–Crippen LogP) is 6.82. The maximum Gasteiger partial charge on any atom is 0.192 e. The zero-order valence-electron chi connectivity index (χ0n) is 20.4. The SMILES string of the molecule is CC(C)(C)[Si](C)(C)OCC=COc1ccc2c(c1)CC[C@@H]1[C@@H]2CC[C@]2(C)[C@@H](O)CC[C@@H]12. The number of ether oxygens (including phenoxy) is 1. The van der Waals surface area contributed by atoms with Crippen molar-refractivity contribution >= 4 is 8.32 Å². The minimum atomic E-state index is -1.71. The molecule has 4 rings (SSSR count). The van der Waals surface area contributed by atoms with E-state index in [0.717, 1.165) is 30.9 Å². The van der Waals surface area contributed by atoms with Crippen LogP contribution in [0.2, 0.25) is 18.1 Å². The number of fused-ring (bicyclic) bond motifs is 5. The Labute approximate surface area is 190 Å². The van der Waals surface area contributed by atoms with Crippen LogP contribution >= 0.6 is 0 Å². The van der Waals surface area contributed by atoms with Gasteiger partial charge < -0.3 is 14.3 Å². The molecule has 0 bridgehead atoms. The van der Waals surface area contributed by atoms with E-state index in [9.17, 15) is 5.11 Å². The molecular weight excluding hydrogens is 400 g/mol. The Bertz CT molecular complexity index is 824. The van der Waals surface area contributed by atoms with Crippen molar-refractivity contribution in [1.82, 2.24) is 0 Å². The molecule has 0 amide bonds. The minimum Gasteiger partial charge on any atom is -0.465 e. The topological polar surface area (TPSA) is 38.7 Å². The molecule has 1 aromatic rings. The van der Waals surface area contributed by atoms with Gasteiger partial charge in [-0.3, -0.25) is 0 Å². The molecule has 0 radical (unpaired) electrons. The highest BCUT2D eigenvalue weighted by Gasteiger charge is 2.54. The van der Waals surface area contributed by atoms with Gasteiger partial charge >= 0.3 is 0 Å². The van der Waals surface area contributed by atoms with Crippen LogP contribution in [0.5, 0.6) is 5.75 Å². The van der Waals surface area contributed by atoms with E-state index >= 15 is 0 Å². The number of aliphatic hydroxyl groups is 1. The van der Waals surface area contributed by atoms with Crippen molar-refractivity contribution in [3.05, 3.63) is 41.7 Å². The van der Waals surface area contributed by atoms with Gasteiger partial charge in [0.1, 0.15) is 5.75 Å². The van der Waals surface area contributed by atoms with Gasteiger partial charge in [0.05, 0.1) is 19.0 Å². The van der Waals surface area contributed by atoms with Gasteiger partial charge in [-0.2, -0.15) is 0 Å². The first kappa shape index (κ1) is 23.1. The summed E-state index contributed by atoms with van der Waals surface area (Å²) in [6.45, 7) is 14.3. The maximum atomic E-state index is 10.6. The summed E-state index contributed by atoms with van der Waals surface area (Å²) in [6.07, 6.45) is 10.6. The molecule has 3 nitrogen and oxygen atoms in total. The molecule has 1 N–H and O–H groups in total. The molecule has 4 heteroatoms. The summed E-state index contributed by atoms with van der Waals surface area (Å²) >= 11 is 0. The van der Waals surface area contributed by atoms with Crippen LogP contribution in [0.1, 0.15) is 76.8 Å². The molecule has 3 aliphatic rings. The number of aryl methyl sites for hydroxylation is 1. The molecule has 3 aliphatic carbocycles. The van der Waals surface area contributed by atoms with E-state index in [2.05, 4.69) is 59.0 Å². The van der Waals surface area contributed by atoms with E-state index < -0.39 is 8.32 Å². The zero-order chi connectivity index (χ0) is 22.4. The summed E-state index contributed by atoms with van der Waals surface area (Å²) in [6, 6.07) is 6.70. The van der Waals surface area contributed by atoms with Crippen LogP contribution in [-0.4, -0.2) is 26.1 Å². The number of benzene rings is 1. The van der Waals surface area contributed by atoms with Crippen LogP contribution in [0, 0.1) is 17.3 Å². The van der Waals surface area contributed by atoms with Crippen LogP contribution in [0.3, 0.4) is 0 Å². The standard InChI is InChI=1S/C27H42O3Si/c1-26(2,3)31(5,6)30-17-7-16-29-20-9-11-21-19(18-20)8-10-23-22(21)14-15-27(4)24(23)12-13-25(27)28/h7,9,11,16,18,22-25,28H,8,10,12-15,17H2,1-6H3/t22-,23-,24+,25+,27+/m1/s1. The van der Waals surface area contributed by atoms with Gasteiger partial charge in [-0.05, 0) is 109 Å². The van der Waals surface area contributed by atoms with E-state index in [1.165, 1.54) is 30.4 Å². The van der Waals surface area contributed by atoms with Crippen molar-refractivity contribution < 1.29 is 14.3 Å². The second-order valence-corrected chi connectivity index (χ2v) is 16.8. The van der Waals surface area contributed by atoms with Crippen LogP contribution in [0.25, 0.3) is 0 Å². The van der Waals surface area contributed by atoms with E-state index in [0.29, 0.717) is 18.4 Å². The average Bonchev–Trinajstić information content (AvgIpc) is 3.01. The fourth-order valence-corrected chi connectivity index (χ4v) is 7.19. The number of hydrogen-bond acceptors (Lipinski definition) is 3. The van der Waals surface area contributed by atoms with E-state index in [-0.39, 0.29) is 16.6 Å². The summed E-state index contributed by atoms with van der Waals surface area (Å²) in [4.78, 5) is 0.